The van der Waals surface area contributed by atoms with Gasteiger partial charge < -0.3 is 9.47 Å². The number of carbonyl (C=O) groups excluding carboxylic acids is 1. The van der Waals surface area contributed by atoms with Crippen LogP contribution < -0.4 is 4.74 Å². The fraction of sp³-hybridized carbons (Fsp3) is 0.111. The SMILES string of the molecule is COC(=O)COc1ccc2nc(-c3ccccc3)ccc2c1. The van der Waals surface area contributed by atoms with Gasteiger partial charge in [0.2, 0.25) is 0 Å². The van der Waals surface area contributed by atoms with Crippen molar-refractivity contribution in [2.24, 2.45) is 0 Å². The van der Waals surface area contributed by atoms with E-state index in [1.165, 1.54) is 7.11 Å². The first-order valence-electron chi connectivity index (χ1n) is 6.92. The molecule has 2 aromatic carbocycles. The lowest BCUT2D eigenvalue weighted by Crippen LogP contribution is -2.12. The molecular weight excluding hydrogens is 278 g/mol. The molecule has 0 saturated carbocycles. The topological polar surface area (TPSA) is 48.4 Å². The summed E-state index contributed by atoms with van der Waals surface area (Å²) < 4.78 is 9.93. The maximum Gasteiger partial charge on any atom is 0.343 e. The van der Waals surface area contributed by atoms with Crippen LogP contribution in [0.25, 0.3) is 22.2 Å². The van der Waals surface area contributed by atoms with Crippen molar-refractivity contribution in [3.8, 4) is 17.0 Å². The van der Waals surface area contributed by atoms with Crippen LogP contribution in [0.1, 0.15) is 0 Å². The van der Waals surface area contributed by atoms with Crippen molar-refractivity contribution in [2.75, 3.05) is 13.7 Å². The van der Waals surface area contributed by atoms with Crippen LogP contribution in [-0.4, -0.2) is 24.7 Å². The summed E-state index contributed by atoms with van der Waals surface area (Å²) in [6.45, 7) is -0.0997. The first-order valence-corrected chi connectivity index (χ1v) is 6.92. The minimum Gasteiger partial charge on any atom is -0.482 e. The number of fused-ring (bicyclic) bond motifs is 1. The molecule has 0 N–H and O–H groups in total. The molecule has 4 heteroatoms. The number of nitrogens with zero attached hydrogens (tertiary/aromatic N) is 1. The highest BCUT2D eigenvalue weighted by molar-refractivity contribution is 5.83. The molecule has 0 aliphatic heterocycles. The van der Waals surface area contributed by atoms with Crippen LogP contribution in [0.4, 0.5) is 0 Å². The Kier molecular flexibility index (Phi) is 4.01. The first kappa shape index (κ1) is 14.1. The first-order chi connectivity index (χ1) is 10.8. The van der Waals surface area contributed by atoms with E-state index >= 15 is 0 Å². The zero-order valence-corrected chi connectivity index (χ0v) is 12.2. The fourth-order valence-corrected chi connectivity index (χ4v) is 2.16. The van der Waals surface area contributed by atoms with Crippen LogP contribution in [0.5, 0.6) is 5.75 Å². The lowest BCUT2D eigenvalue weighted by atomic mass is 10.1. The van der Waals surface area contributed by atoms with Gasteiger partial charge >= 0.3 is 5.97 Å². The number of methoxy groups -OCH3 is 1. The normalized spacial score (nSPS) is 10.4. The van der Waals surface area contributed by atoms with Crippen molar-refractivity contribution in [2.45, 2.75) is 0 Å². The van der Waals surface area contributed by atoms with E-state index in [0.717, 1.165) is 22.2 Å². The second-order valence-corrected chi connectivity index (χ2v) is 4.78. The predicted molar refractivity (Wildman–Crippen MR) is 84.7 cm³/mol. The quantitative estimate of drug-likeness (QED) is 0.691. The second-order valence-electron chi connectivity index (χ2n) is 4.78. The molecule has 0 aliphatic rings. The second kappa shape index (κ2) is 6.26. The van der Waals surface area contributed by atoms with Crippen molar-refractivity contribution in [1.29, 1.82) is 0 Å². The highest BCUT2D eigenvalue weighted by Gasteiger charge is 2.05. The molecule has 0 radical (unpaired) electrons. The van der Waals surface area contributed by atoms with E-state index in [2.05, 4.69) is 9.72 Å². The molecule has 22 heavy (non-hydrogen) atoms. The predicted octanol–water partition coefficient (Wildman–Crippen LogP) is 3.45. The number of hydrogen-bond acceptors (Lipinski definition) is 4. The van der Waals surface area contributed by atoms with Crippen LogP contribution in [0.3, 0.4) is 0 Å². The van der Waals surface area contributed by atoms with Crippen molar-refractivity contribution >= 4 is 16.9 Å². The maximum atomic E-state index is 11.1. The summed E-state index contributed by atoms with van der Waals surface area (Å²) in [4.78, 5) is 15.7. The standard InChI is InChI=1S/C18H15NO3/c1-21-18(20)12-22-15-8-10-17-14(11-15)7-9-16(19-17)13-5-3-2-4-6-13/h2-11H,12H2,1H3. The molecule has 1 heterocycles. The maximum absolute atomic E-state index is 11.1. The van der Waals surface area contributed by atoms with Crippen LogP contribution in [0, 0.1) is 0 Å². The fourth-order valence-electron chi connectivity index (χ4n) is 2.16. The average Bonchev–Trinajstić information content (AvgIpc) is 2.59. The molecule has 0 fully saturated rings. The number of pyridine rings is 1. The Bertz CT molecular complexity index is 800. The number of hydrogen-bond donors (Lipinski definition) is 0. The summed E-state index contributed by atoms with van der Waals surface area (Å²) in [6.07, 6.45) is 0. The number of rotatable bonds is 4. The van der Waals surface area contributed by atoms with Crippen LogP contribution in [-0.2, 0) is 9.53 Å². The van der Waals surface area contributed by atoms with E-state index in [0.29, 0.717) is 5.75 Å². The minimum atomic E-state index is -0.405. The molecule has 0 saturated heterocycles. The molecule has 4 nitrogen and oxygen atoms in total. The van der Waals surface area contributed by atoms with E-state index in [9.17, 15) is 4.79 Å². The van der Waals surface area contributed by atoms with Gasteiger partial charge in [-0.25, -0.2) is 9.78 Å². The lowest BCUT2D eigenvalue weighted by Gasteiger charge is -2.07. The molecular formula is C18H15NO3. The Hall–Kier alpha value is -2.88. The van der Waals surface area contributed by atoms with Crippen LogP contribution >= 0.6 is 0 Å². The molecule has 0 amide bonds. The van der Waals surface area contributed by atoms with E-state index in [1.807, 2.05) is 54.6 Å². The van der Waals surface area contributed by atoms with Crippen molar-refractivity contribution in [1.82, 2.24) is 4.98 Å². The molecule has 110 valence electrons. The zero-order chi connectivity index (χ0) is 15.4. The number of benzene rings is 2. The summed E-state index contributed by atoms with van der Waals surface area (Å²) in [5.74, 6) is 0.213. The number of aromatic nitrogens is 1. The Morgan fingerprint density at radius 3 is 2.64 bits per heavy atom. The molecule has 1 aromatic heterocycles. The third-order valence-electron chi connectivity index (χ3n) is 3.31. The summed E-state index contributed by atoms with van der Waals surface area (Å²) in [5, 5.41) is 0.960. The molecule has 0 unspecified atom stereocenters. The van der Waals surface area contributed by atoms with Gasteiger partial charge in [-0.2, -0.15) is 0 Å². The summed E-state index contributed by atoms with van der Waals surface area (Å²) >= 11 is 0. The number of carbonyl (C=O) groups is 1. The van der Waals surface area contributed by atoms with Gasteiger partial charge in [0.25, 0.3) is 0 Å². The third kappa shape index (κ3) is 3.06. The largest absolute Gasteiger partial charge is 0.482 e. The molecule has 3 aromatic rings. The Morgan fingerprint density at radius 2 is 1.86 bits per heavy atom. The number of esters is 1. The summed E-state index contributed by atoms with van der Waals surface area (Å²) in [7, 11) is 1.33. The molecule has 0 aliphatic carbocycles. The van der Waals surface area contributed by atoms with Gasteiger partial charge in [-0.1, -0.05) is 36.4 Å². The van der Waals surface area contributed by atoms with Gasteiger partial charge in [0.05, 0.1) is 18.3 Å². The van der Waals surface area contributed by atoms with Gasteiger partial charge in [0.1, 0.15) is 5.75 Å². The highest BCUT2D eigenvalue weighted by Crippen LogP contribution is 2.24. The summed E-state index contributed by atoms with van der Waals surface area (Å²) in [5.41, 5.74) is 2.89. The molecule has 3 rings (SSSR count). The Morgan fingerprint density at radius 1 is 1.05 bits per heavy atom. The monoisotopic (exact) mass is 293 g/mol. The Labute approximate surface area is 128 Å². The van der Waals surface area contributed by atoms with Gasteiger partial charge in [0.15, 0.2) is 6.61 Å². The molecule has 0 atom stereocenters. The van der Waals surface area contributed by atoms with Crippen molar-refractivity contribution < 1.29 is 14.3 Å². The van der Waals surface area contributed by atoms with Crippen molar-refractivity contribution in [3.63, 3.8) is 0 Å². The van der Waals surface area contributed by atoms with Gasteiger partial charge in [-0.05, 0) is 24.3 Å². The van der Waals surface area contributed by atoms with E-state index in [4.69, 9.17) is 4.74 Å². The van der Waals surface area contributed by atoms with E-state index in [1.54, 1.807) is 6.07 Å². The van der Waals surface area contributed by atoms with E-state index in [-0.39, 0.29) is 6.61 Å². The van der Waals surface area contributed by atoms with Crippen LogP contribution in [0.15, 0.2) is 60.7 Å². The highest BCUT2D eigenvalue weighted by atomic mass is 16.6. The third-order valence-corrected chi connectivity index (χ3v) is 3.31. The zero-order valence-electron chi connectivity index (χ0n) is 12.2. The van der Waals surface area contributed by atoms with Crippen LogP contribution in [0.2, 0.25) is 0 Å². The Balaban J connectivity index is 1.87. The van der Waals surface area contributed by atoms with Gasteiger partial charge in [-0.3, -0.25) is 0 Å². The average molecular weight is 293 g/mol. The smallest absolute Gasteiger partial charge is 0.343 e. The van der Waals surface area contributed by atoms with E-state index < -0.39 is 5.97 Å². The summed E-state index contributed by atoms with van der Waals surface area (Å²) in [6, 6.07) is 19.5. The van der Waals surface area contributed by atoms with Gasteiger partial charge in [-0.15, -0.1) is 0 Å². The molecule has 0 spiro atoms. The number of ether oxygens (including phenoxy) is 2. The van der Waals surface area contributed by atoms with Gasteiger partial charge in [0, 0.05) is 10.9 Å². The molecule has 0 bridgehead atoms. The minimum absolute atomic E-state index is 0.0997. The van der Waals surface area contributed by atoms with Crippen molar-refractivity contribution in [3.05, 3.63) is 60.7 Å². The lowest BCUT2D eigenvalue weighted by molar-refractivity contribution is -0.142.